The SMILES string of the molecule is CC(=O)N1CCc2cc(C(=O)NC(C)c3ccc(OCCC(C)C)cc3)ccc21. The first-order chi connectivity index (χ1) is 13.8. The van der Waals surface area contributed by atoms with Gasteiger partial charge in [-0.2, -0.15) is 0 Å². The predicted octanol–water partition coefficient (Wildman–Crippen LogP) is 4.51. The lowest BCUT2D eigenvalue weighted by Crippen LogP contribution is -2.27. The quantitative estimate of drug-likeness (QED) is 0.752. The third-order valence-corrected chi connectivity index (χ3v) is 5.31. The summed E-state index contributed by atoms with van der Waals surface area (Å²) < 4.78 is 5.75. The van der Waals surface area contributed by atoms with E-state index < -0.39 is 0 Å². The highest BCUT2D eigenvalue weighted by atomic mass is 16.5. The third-order valence-electron chi connectivity index (χ3n) is 5.31. The lowest BCUT2D eigenvalue weighted by molar-refractivity contribution is -0.116. The highest BCUT2D eigenvalue weighted by molar-refractivity contribution is 5.98. The van der Waals surface area contributed by atoms with Crippen LogP contribution in [0.2, 0.25) is 0 Å². The van der Waals surface area contributed by atoms with Crippen molar-refractivity contribution in [1.29, 1.82) is 0 Å². The minimum atomic E-state index is -0.116. The van der Waals surface area contributed by atoms with Gasteiger partial charge in [-0.1, -0.05) is 26.0 Å². The van der Waals surface area contributed by atoms with E-state index in [1.807, 2.05) is 43.3 Å². The van der Waals surface area contributed by atoms with Crippen LogP contribution in [-0.4, -0.2) is 25.0 Å². The zero-order valence-corrected chi connectivity index (χ0v) is 17.7. The Bertz CT molecular complexity index is 874. The van der Waals surface area contributed by atoms with Crippen molar-refractivity contribution in [3.63, 3.8) is 0 Å². The van der Waals surface area contributed by atoms with Gasteiger partial charge >= 0.3 is 0 Å². The molecule has 1 aliphatic rings. The number of hydrogen-bond donors (Lipinski definition) is 1. The summed E-state index contributed by atoms with van der Waals surface area (Å²) in [4.78, 5) is 26.1. The first kappa shape index (κ1) is 20.9. The Morgan fingerprint density at radius 2 is 1.83 bits per heavy atom. The Balaban J connectivity index is 1.60. The van der Waals surface area contributed by atoms with Gasteiger partial charge in [0.15, 0.2) is 0 Å². The van der Waals surface area contributed by atoms with E-state index in [1.54, 1.807) is 17.9 Å². The second-order valence-electron chi connectivity index (χ2n) is 8.06. The van der Waals surface area contributed by atoms with E-state index in [0.29, 0.717) is 24.6 Å². The maximum atomic E-state index is 12.7. The number of fused-ring (bicyclic) bond motifs is 1. The fourth-order valence-corrected chi connectivity index (χ4v) is 3.50. The van der Waals surface area contributed by atoms with Crippen molar-refractivity contribution in [3.05, 3.63) is 59.2 Å². The van der Waals surface area contributed by atoms with Gasteiger partial charge in [-0.15, -0.1) is 0 Å². The van der Waals surface area contributed by atoms with Crippen LogP contribution in [0, 0.1) is 5.92 Å². The zero-order valence-electron chi connectivity index (χ0n) is 17.7. The Morgan fingerprint density at radius 1 is 1.10 bits per heavy atom. The number of nitrogens with one attached hydrogen (secondary N) is 1. The number of carbonyl (C=O) groups is 2. The van der Waals surface area contributed by atoms with Gasteiger partial charge in [0, 0.05) is 24.7 Å². The number of benzene rings is 2. The van der Waals surface area contributed by atoms with Gasteiger partial charge in [-0.3, -0.25) is 9.59 Å². The number of carbonyl (C=O) groups excluding carboxylic acids is 2. The number of nitrogens with zero attached hydrogens (tertiary/aromatic N) is 1. The Labute approximate surface area is 173 Å². The lowest BCUT2D eigenvalue weighted by atomic mass is 10.1. The molecule has 1 heterocycles. The zero-order chi connectivity index (χ0) is 21.0. The Kier molecular flexibility index (Phi) is 6.57. The van der Waals surface area contributed by atoms with E-state index in [-0.39, 0.29) is 17.9 Å². The second-order valence-corrected chi connectivity index (χ2v) is 8.06. The molecular weight excluding hydrogens is 364 g/mol. The van der Waals surface area contributed by atoms with E-state index in [4.69, 9.17) is 4.74 Å². The van der Waals surface area contributed by atoms with Crippen LogP contribution < -0.4 is 15.0 Å². The van der Waals surface area contributed by atoms with E-state index in [0.717, 1.165) is 35.4 Å². The third kappa shape index (κ3) is 5.17. The summed E-state index contributed by atoms with van der Waals surface area (Å²) in [7, 11) is 0. The first-order valence-electron chi connectivity index (χ1n) is 10.3. The van der Waals surface area contributed by atoms with Gasteiger partial charge in [0.25, 0.3) is 5.91 Å². The Morgan fingerprint density at radius 3 is 2.48 bits per heavy atom. The lowest BCUT2D eigenvalue weighted by Gasteiger charge is -2.17. The number of rotatable bonds is 7. The fourth-order valence-electron chi connectivity index (χ4n) is 3.50. The molecule has 1 unspecified atom stereocenters. The number of amides is 2. The number of ether oxygens (including phenoxy) is 1. The first-order valence-corrected chi connectivity index (χ1v) is 10.3. The van der Waals surface area contributed by atoms with Gasteiger partial charge in [-0.25, -0.2) is 0 Å². The highest BCUT2D eigenvalue weighted by Gasteiger charge is 2.23. The normalized spacial score (nSPS) is 13.9. The molecule has 1 N–H and O–H groups in total. The van der Waals surface area contributed by atoms with Gasteiger partial charge in [0.1, 0.15) is 5.75 Å². The molecule has 1 atom stereocenters. The molecule has 0 radical (unpaired) electrons. The molecular formula is C24H30N2O3. The fraction of sp³-hybridized carbons (Fsp3) is 0.417. The van der Waals surface area contributed by atoms with E-state index >= 15 is 0 Å². The van der Waals surface area contributed by atoms with Crippen LogP contribution in [0.5, 0.6) is 5.75 Å². The molecule has 2 aromatic rings. The van der Waals surface area contributed by atoms with Gasteiger partial charge < -0.3 is 15.0 Å². The molecule has 5 heteroatoms. The molecule has 0 aromatic heterocycles. The molecule has 1 aliphatic heterocycles. The molecule has 5 nitrogen and oxygen atoms in total. The maximum Gasteiger partial charge on any atom is 0.251 e. The largest absolute Gasteiger partial charge is 0.494 e. The Hall–Kier alpha value is -2.82. The van der Waals surface area contributed by atoms with E-state index in [1.165, 1.54) is 0 Å². The minimum Gasteiger partial charge on any atom is -0.494 e. The van der Waals surface area contributed by atoms with Crippen molar-refractivity contribution in [2.24, 2.45) is 5.92 Å². The molecule has 0 aliphatic carbocycles. The maximum absolute atomic E-state index is 12.7. The van der Waals surface area contributed by atoms with E-state index in [2.05, 4.69) is 19.2 Å². The standard InChI is InChI=1S/C24H30N2O3/c1-16(2)12-14-29-22-8-5-19(6-9-22)17(3)25-24(28)21-7-10-23-20(15-21)11-13-26(23)18(4)27/h5-10,15-17H,11-14H2,1-4H3,(H,25,28). The number of anilines is 1. The van der Waals surface area contributed by atoms with Crippen molar-refractivity contribution in [2.75, 3.05) is 18.1 Å². The van der Waals surface area contributed by atoms with Gasteiger partial charge in [-0.05, 0) is 67.1 Å². The molecule has 0 saturated heterocycles. The average molecular weight is 395 g/mol. The average Bonchev–Trinajstić information content (AvgIpc) is 3.11. The van der Waals surface area contributed by atoms with Crippen LogP contribution in [0.15, 0.2) is 42.5 Å². The topological polar surface area (TPSA) is 58.6 Å². The van der Waals surface area contributed by atoms with Crippen molar-refractivity contribution < 1.29 is 14.3 Å². The molecule has 2 aromatic carbocycles. The second kappa shape index (κ2) is 9.12. The van der Waals surface area contributed by atoms with Gasteiger partial charge in [0.2, 0.25) is 5.91 Å². The molecule has 0 fully saturated rings. The smallest absolute Gasteiger partial charge is 0.251 e. The monoisotopic (exact) mass is 394 g/mol. The summed E-state index contributed by atoms with van der Waals surface area (Å²) in [5.74, 6) is 1.39. The summed E-state index contributed by atoms with van der Waals surface area (Å²) in [6, 6.07) is 13.3. The van der Waals surface area contributed by atoms with E-state index in [9.17, 15) is 9.59 Å². The van der Waals surface area contributed by atoms with Crippen molar-refractivity contribution in [3.8, 4) is 5.75 Å². The van der Waals surface area contributed by atoms with Crippen LogP contribution in [0.25, 0.3) is 0 Å². The molecule has 0 bridgehead atoms. The van der Waals surface area contributed by atoms with Crippen LogP contribution >= 0.6 is 0 Å². The minimum absolute atomic E-state index is 0.0335. The van der Waals surface area contributed by atoms with Crippen molar-refractivity contribution in [1.82, 2.24) is 5.32 Å². The highest BCUT2D eigenvalue weighted by Crippen LogP contribution is 2.29. The molecule has 0 spiro atoms. The molecule has 154 valence electrons. The molecule has 29 heavy (non-hydrogen) atoms. The van der Waals surface area contributed by atoms with Crippen molar-refractivity contribution >= 4 is 17.5 Å². The summed E-state index contributed by atoms with van der Waals surface area (Å²) in [5.41, 5.74) is 3.60. The van der Waals surface area contributed by atoms with Crippen LogP contribution in [0.3, 0.4) is 0 Å². The summed E-state index contributed by atoms with van der Waals surface area (Å²) >= 11 is 0. The van der Waals surface area contributed by atoms with Crippen molar-refractivity contribution in [2.45, 2.75) is 46.6 Å². The molecule has 0 saturated carbocycles. The molecule has 2 amide bonds. The summed E-state index contributed by atoms with van der Waals surface area (Å²) in [6.07, 6.45) is 1.81. The number of hydrogen-bond acceptors (Lipinski definition) is 3. The van der Waals surface area contributed by atoms with Crippen LogP contribution in [-0.2, 0) is 11.2 Å². The summed E-state index contributed by atoms with van der Waals surface area (Å²) in [6.45, 7) is 9.28. The summed E-state index contributed by atoms with van der Waals surface area (Å²) in [5, 5.41) is 3.05. The van der Waals surface area contributed by atoms with Gasteiger partial charge in [0.05, 0.1) is 12.6 Å². The van der Waals surface area contributed by atoms with Crippen LogP contribution in [0.4, 0.5) is 5.69 Å². The van der Waals surface area contributed by atoms with Crippen LogP contribution in [0.1, 0.15) is 61.6 Å². The molecule has 3 rings (SSSR count). The predicted molar refractivity (Wildman–Crippen MR) is 115 cm³/mol.